The zero-order chi connectivity index (χ0) is 29.3. The average molecular weight is 571 g/mol. The number of carbonyl (C=O) groups is 2. The van der Waals surface area contributed by atoms with Crippen LogP contribution in [0.5, 0.6) is 11.6 Å². The van der Waals surface area contributed by atoms with Gasteiger partial charge in [0.15, 0.2) is 23.2 Å². The lowest BCUT2D eigenvalue weighted by Crippen LogP contribution is -2.64. The summed E-state index contributed by atoms with van der Waals surface area (Å²) in [5.74, 6) is -0.853. The second kappa shape index (κ2) is 11.4. The number of piperazine rings is 1. The molecule has 2 N–H and O–H groups in total. The molecule has 218 valence electrons. The molecule has 2 aliphatic rings. The van der Waals surface area contributed by atoms with Crippen molar-refractivity contribution in [3.05, 3.63) is 53.9 Å². The van der Waals surface area contributed by atoms with Crippen molar-refractivity contribution in [2.45, 2.75) is 58.3 Å². The summed E-state index contributed by atoms with van der Waals surface area (Å²) in [4.78, 5) is 38.7. The van der Waals surface area contributed by atoms with Gasteiger partial charge in [-0.05, 0) is 39.3 Å². The van der Waals surface area contributed by atoms with Crippen molar-refractivity contribution in [3.8, 4) is 11.6 Å². The van der Waals surface area contributed by atoms with E-state index < -0.39 is 23.2 Å². The van der Waals surface area contributed by atoms with Crippen LogP contribution in [0.4, 0.5) is 14.6 Å². The summed E-state index contributed by atoms with van der Waals surface area (Å²) < 4.78 is 34.1. The van der Waals surface area contributed by atoms with Gasteiger partial charge in [0, 0.05) is 38.7 Å². The van der Waals surface area contributed by atoms with Gasteiger partial charge >= 0.3 is 0 Å². The number of nitrogens with zero attached hydrogens (tertiary/aromatic N) is 7. The lowest BCUT2D eigenvalue weighted by molar-refractivity contribution is -0.147. The normalized spacial score (nSPS) is 19.4. The Labute approximate surface area is 235 Å². The average Bonchev–Trinajstić information content (AvgIpc) is 3.36. The molecule has 0 spiro atoms. The molecule has 2 atom stereocenters. The van der Waals surface area contributed by atoms with Gasteiger partial charge < -0.3 is 24.6 Å². The van der Waals surface area contributed by atoms with Crippen molar-refractivity contribution in [1.82, 2.24) is 34.5 Å². The Morgan fingerprint density at radius 1 is 1.20 bits per heavy atom. The van der Waals surface area contributed by atoms with Gasteiger partial charge in [-0.1, -0.05) is 0 Å². The highest BCUT2D eigenvalue weighted by atomic mass is 19.1. The Morgan fingerprint density at radius 2 is 2.00 bits per heavy atom. The second-order valence-corrected chi connectivity index (χ2v) is 10.9. The minimum absolute atomic E-state index is 0.0184. The maximum Gasteiger partial charge on any atom is 0.242 e. The molecular formula is C27H32F2N8O4. The monoisotopic (exact) mass is 570 g/mol. The molecule has 0 aliphatic carbocycles. The number of anilines is 1. The number of nitrogens with one attached hydrogen (secondary N) is 1. The number of ether oxygens (including phenoxy) is 1. The Hall–Kier alpha value is -4.04. The maximum absolute atomic E-state index is 13.8. The van der Waals surface area contributed by atoms with E-state index in [0.717, 1.165) is 18.0 Å². The number of aromatic nitrogens is 5. The topological polar surface area (TPSA) is 139 Å². The van der Waals surface area contributed by atoms with Crippen molar-refractivity contribution < 1.29 is 28.2 Å². The fourth-order valence-electron chi connectivity index (χ4n) is 5.35. The third kappa shape index (κ3) is 6.03. The van der Waals surface area contributed by atoms with E-state index >= 15 is 0 Å². The van der Waals surface area contributed by atoms with Crippen LogP contribution in [0, 0.1) is 17.6 Å². The van der Waals surface area contributed by atoms with Crippen LogP contribution >= 0.6 is 0 Å². The predicted octanol–water partition coefficient (Wildman–Crippen LogP) is 2.14. The highest BCUT2D eigenvalue weighted by molar-refractivity contribution is 5.93. The van der Waals surface area contributed by atoms with Crippen LogP contribution < -0.4 is 10.1 Å². The van der Waals surface area contributed by atoms with Crippen LogP contribution in [0.3, 0.4) is 0 Å². The SMILES string of the molecule is C[C@@H](C(=O)Nc1cnc(Oc2ccc(F)cc2F)cn1)N1CCN(C(=O)[C@H]2CCc3nnc(CO)n3C2)C(C)(C)C1. The smallest absolute Gasteiger partial charge is 0.242 e. The van der Waals surface area contributed by atoms with Gasteiger partial charge in [0.1, 0.15) is 18.2 Å². The highest BCUT2D eigenvalue weighted by Gasteiger charge is 2.42. The Kier molecular flexibility index (Phi) is 7.95. The standard InChI is InChI=1S/C27H32F2N8O4/c1-16(25(39)32-21-11-31-24(12-30-21)41-20-6-5-18(28)10-19(20)29)35-8-9-37(27(2,3)15-35)26(40)17-4-7-22-33-34-23(14-38)36(22)13-17/h5-6,10-12,16-17,38H,4,7-9,13-15H2,1-3H3,(H,30,32,39)/t16-,17-/m0/s1. The lowest BCUT2D eigenvalue weighted by Gasteiger charge is -2.49. The molecule has 1 fully saturated rings. The summed E-state index contributed by atoms with van der Waals surface area (Å²) in [5, 5.41) is 20.4. The zero-order valence-corrected chi connectivity index (χ0v) is 23.0. The minimum atomic E-state index is -0.873. The largest absolute Gasteiger partial charge is 0.434 e. The van der Waals surface area contributed by atoms with Crippen LogP contribution in [0.25, 0.3) is 0 Å². The Balaban J connectivity index is 1.16. The molecular weight excluding hydrogens is 538 g/mol. The van der Waals surface area contributed by atoms with E-state index in [1.165, 1.54) is 12.4 Å². The van der Waals surface area contributed by atoms with Crippen molar-refractivity contribution in [2.75, 3.05) is 25.0 Å². The Bertz CT molecular complexity index is 1420. The molecule has 0 bridgehead atoms. The quantitative estimate of drug-likeness (QED) is 0.438. The van der Waals surface area contributed by atoms with E-state index in [-0.39, 0.29) is 41.8 Å². The molecule has 1 aromatic carbocycles. The molecule has 2 aliphatic heterocycles. The summed E-state index contributed by atoms with van der Waals surface area (Å²) >= 11 is 0. The maximum atomic E-state index is 13.8. The molecule has 4 heterocycles. The molecule has 0 radical (unpaired) electrons. The molecule has 12 nitrogen and oxygen atoms in total. The van der Waals surface area contributed by atoms with Gasteiger partial charge in [-0.15, -0.1) is 10.2 Å². The number of hydrogen-bond donors (Lipinski definition) is 2. The molecule has 3 aromatic rings. The van der Waals surface area contributed by atoms with Crippen molar-refractivity contribution >= 4 is 17.6 Å². The summed E-state index contributed by atoms with van der Waals surface area (Å²) in [6, 6.07) is 2.40. The van der Waals surface area contributed by atoms with Crippen molar-refractivity contribution in [3.63, 3.8) is 0 Å². The zero-order valence-electron chi connectivity index (χ0n) is 23.0. The summed E-state index contributed by atoms with van der Waals surface area (Å²) in [7, 11) is 0. The molecule has 1 saturated heterocycles. The molecule has 2 amide bonds. The number of aliphatic hydroxyl groups excluding tert-OH is 1. The number of fused-ring (bicyclic) bond motifs is 1. The van der Waals surface area contributed by atoms with Crippen LogP contribution in [0.2, 0.25) is 0 Å². The number of rotatable bonds is 7. The van der Waals surface area contributed by atoms with Gasteiger partial charge in [-0.2, -0.15) is 0 Å². The highest BCUT2D eigenvalue weighted by Crippen LogP contribution is 2.29. The van der Waals surface area contributed by atoms with E-state index in [4.69, 9.17) is 4.74 Å². The molecule has 41 heavy (non-hydrogen) atoms. The first kappa shape index (κ1) is 28.5. The van der Waals surface area contributed by atoms with Gasteiger partial charge in [0.2, 0.25) is 17.7 Å². The number of amides is 2. The number of benzene rings is 1. The van der Waals surface area contributed by atoms with E-state index in [9.17, 15) is 23.5 Å². The van der Waals surface area contributed by atoms with E-state index in [1.807, 2.05) is 28.2 Å². The number of hydrogen-bond acceptors (Lipinski definition) is 9. The fraction of sp³-hybridized carbons (Fsp3) is 0.481. The van der Waals surface area contributed by atoms with Gasteiger partial charge in [-0.3, -0.25) is 14.5 Å². The number of aliphatic hydroxyl groups is 1. The molecule has 5 rings (SSSR count). The van der Waals surface area contributed by atoms with Gasteiger partial charge in [-0.25, -0.2) is 18.7 Å². The minimum Gasteiger partial charge on any atom is -0.434 e. The number of halogens is 2. The van der Waals surface area contributed by atoms with E-state index in [0.29, 0.717) is 50.9 Å². The fourth-order valence-corrected chi connectivity index (χ4v) is 5.35. The lowest BCUT2D eigenvalue weighted by atomic mass is 9.91. The number of aryl methyl sites for hydroxylation is 1. The van der Waals surface area contributed by atoms with Crippen LogP contribution in [0.1, 0.15) is 38.8 Å². The predicted molar refractivity (Wildman–Crippen MR) is 142 cm³/mol. The second-order valence-electron chi connectivity index (χ2n) is 10.9. The first-order chi connectivity index (χ1) is 19.6. The van der Waals surface area contributed by atoms with Crippen LogP contribution in [-0.2, 0) is 29.2 Å². The van der Waals surface area contributed by atoms with Crippen molar-refractivity contribution in [1.29, 1.82) is 0 Å². The van der Waals surface area contributed by atoms with Gasteiger partial charge in [0.25, 0.3) is 0 Å². The third-order valence-electron chi connectivity index (χ3n) is 7.63. The first-order valence-corrected chi connectivity index (χ1v) is 13.4. The number of carbonyl (C=O) groups excluding carboxylic acids is 2. The molecule has 0 unspecified atom stereocenters. The van der Waals surface area contributed by atoms with E-state index in [2.05, 4.69) is 25.5 Å². The van der Waals surface area contributed by atoms with E-state index in [1.54, 1.807) is 6.92 Å². The summed E-state index contributed by atoms with van der Waals surface area (Å²) in [5.41, 5.74) is -0.522. The molecule has 0 saturated carbocycles. The third-order valence-corrected chi connectivity index (χ3v) is 7.63. The molecule has 2 aromatic heterocycles. The van der Waals surface area contributed by atoms with Crippen LogP contribution in [-0.4, -0.2) is 82.7 Å². The molecule has 14 heteroatoms. The summed E-state index contributed by atoms with van der Waals surface area (Å²) in [6.07, 6.45) is 3.81. The van der Waals surface area contributed by atoms with Crippen LogP contribution in [0.15, 0.2) is 30.6 Å². The van der Waals surface area contributed by atoms with Crippen molar-refractivity contribution in [2.24, 2.45) is 5.92 Å². The summed E-state index contributed by atoms with van der Waals surface area (Å²) in [6.45, 7) is 7.45. The first-order valence-electron chi connectivity index (χ1n) is 13.4. The van der Waals surface area contributed by atoms with Gasteiger partial charge in [0.05, 0.1) is 29.9 Å². The Morgan fingerprint density at radius 3 is 2.68 bits per heavy atom.